The average molecular weight is 234 g/mol. The summed E-state index contributed by atoms with van der Waals surface area (Å²) >= 11 is 0. The first-order valence-corrected chi connectivity index (χ1v) is 5.70. The summed E-state index contributed by atoms with van der Waals surface area (Å²) in [6, 6.07) is 6.74. The Labute approximate surface area is 102 Å². The maximum absolute atomic E-state index is 12.2. The molecule has 0 heterocycles. The van der Waals surface area contributed by atoms with Crippen molar-refractivity contribution in [3.63, 3.8) is 0 Å². The van der Waals surface area contributed by atoms with Gasteiger partial charge in [-0.2, -0.15) is 0 Å². The second-order valence-corrected chi connectivity index (χ2v) is 4.69. The fourth-order valence-corrected chi connectivity index (χ4v) is 1.42. The van der Waals surface area contributed by atoms with Gasteiger partial charge in [0.15, 0.2) is 5.78 Å². The van der Waals surface area contributed by atoms with E-state index in [0.29, 0.717) is 11.3 Å². The molecule has 0 aliphatic rings. The van der Waals surface area contributed by atoms with Crippen LogP contribution >= 0.6 is 0 Å². The fourth-order valence-electron chi connectivity index (χ4n) is 1.42. The molecule has 1 aromatic rings. The largest absolute Gasteiger partial charge is 0.427 e. The van der Waals surface area contributed by atoms with Crippen LogP contribution in [0.1, 0.15) is 44.5 Å². The fraction of sp³-hybridized carbons (Fsp3) is 0.429. The number of hydrogen-bond donors (Lipinski definition) is 0. The van der Waals surface area contributed by atoms with Crippen LogP contribution in [0.4, 0.5) is 0 Å². The van der Waals surface area contributed by atoms with E-state index in [1.807, 2.05) is 20.8 Å². The Kier molecular flexibility index (Phi) is 4.05. The molecule has 0 spiro atoms. The van der Waals surface area contributed by atoms with E-state index in [4.69, 9.17) is 4.74 Å². The third-order valence-electron chi connectivity index (χ3n) is 2.86. The highest BCUT2D eigenvalue weighted by molar-refractivity contribution is 6.00. The Morgan fingerprint density at radius 3 is 2.47 bits per heavy atom. The first-order chi connectivity index (χ1) is 7.86. The summed E-state index contributed by atoms with van der Waals surface area (Å²) < 4.78 is 4.96. The van der Waals surface area contributed by atoms with Crippen LogP contribution in [0.3, 0.4) is 0 Å². The van der Waals surface area contributed by atoms with Gasteiger partial charge in [-0.1, -0.05) is 32.9 Å². The molecule has 0 bridgehead atoms. The van der Waals surface area contributed by atoms with Gasteiger partial charge in [0.05, 0.1) is 0 Å². The molecule has 3 heteroatoms. The second-order valence-electron chi connectivity index (χ2n) is 4.69. The lowest BCUT2D eigenvalue weighted by atomic mass is 9.82. The number of Topliss-reactive ketones (excluding diaryl/α,β-unsaturated/α-hetero) is 1. The normalized spacial score (nSPS) is 11.1. The molecule has 0 aromatic heterocycles. The molecule has 0 saturated heterocycles. The molecular weight excluding hydrogens is 216 g/mol. The number of carbonyl (C=O) groups is 2. The lowest BCUT2D eigenvalue weighted by molar-refractivity contribution is -0.131. The monoisotopic (exact) mass is 234 g/mol. The molecule has 92 valence electrons. The number of carbonyl (C=O) groups excluding carboxylic acids is 2. The van der Waals surface area contributed by atoms with Crippen LogP contribution < -0.4 is 4.74 Å². The Bertz CT molecular complexity index is 433. The third kappa shape index (κ3) is 3.41. The van der Waals surface area contributed by atoms with Crippen LogP contribution in [-0.4, -0.2) is 11.8 Å². The highest BCUT2D eigenvalue weighted by Crippen LogP contribution is 2.27. The minimum Gasteiger partial charge on any atom is -0.427 e. The number of benzene rings is 1. The highest BCUT2D eigenvalue weighted by Gasteiger charge is 2.26. The Morgan fingerprint density at radius 2 is 1.94 bits per heavy atom. The molecule has 17 heavy (non-hydrogen) atoms. The maximum atomic E-state index is 12.2. The van der Waals surface area contributed by atoms with Gasteiger partial charge in [-0.05, 0) is 18.6 Å². The molecule has 1 aromatic carbocycles. The van der Waals surface area contributed by atoms with Crippen molar-refractivity contribution in [3.05, 3.63) is 29.8 Å². The lowest BCUT2D eigenvalue weighted by Gasteiger charge is -2.20. The number of ether oxygens (including phenoxy) is 1. The van der Waals surface area contributed by atoms with Crippen molar-refractivity contribution < 1.29 is 14.3 Å². The van der Waals surface area contributed by atoms with E-state index in [2.05, 4.69) is 0 Å². The van der Waals surface area contributed by atoms with Gasteiger partial charge in [-0.15, -0.1) is 0 Å². The summed E-state index contributed by atoms with van der Waals surface area (Å²) in [6.07, 6.45) is 0.767. The molecule has 1 rings (SSSR count). The van der Waals surface area contributed by atoms with Gasteiger partial charge in [0.25, 0.3) is 0 Å². The van der Waals surface area contributed by atoms with E-state index in [1.54, 1.807) is 24.3 Å². The van der Waals surface area contributed by atoms with Crippen LogP contribution in [0.5, 0.6) is 5.75 Å². The molecule has 0 atom stereocenters. The second kappa shape index (κ2) is 5.13. The summed E-state index contributed by atoms with van der Waals surface area (Å²) in [6.45, 7) is 7.14. The molecule has 0 aliphatic heterocycles. The van der Waals surface area contributed by atoms with Crippen molar-refractivity contribution in [2.75, 3.05) is 0 Å². The minimum atomic E-state index is -0.394. The predicted octanol–water partition coefficient (Wildman–Crippen LogP) is 3.23. The van der Waals surface area contributed by atoms with Gasteiger partial charge in [-0.25, -0.2) is 0 Å². The number of rotatable bonds is 4. The van der Waals surface area contributed by atoms with E-state index in [-0.39, 0.29) is 11.8 Å². The Hall–Kier alpha value is -1.64. The quantitative estimate of drug-likeness (QED) is 0.456. The van der Waals surface area contributed by atoms with E-state index in [0.717, 1.165) is 6.42 Å². The smallest absolute Gasteiger partial charge is 0.308 e. The van der Waals surface area contributed by atoms with E-state index >= 15 is 0 Å². The lowest BCUT2D eigenvalue weighted by Crippen LogP contribution is -2.23. The first kappa shape index (κ1) is 13.4. The van der Waals surface area contributed by atoms with Crippen molar-refractivity contribution in [2.45, 2.75) is 34.1 Å². The van der Waals surface area contributed by atoms with Gasteiger partial charge >= 0.3 is 5.97 Å². The van der Waals surface area contributed by atoms with Crippen molar-refractivity contribution in [1.82, 2.24) is 0 Å². The SMILES string of the molecule is CCC(C)(C)C(=O)c1cccc(OC(C)=O)c1. The summed E-state index contributed by atoms with van der Waals surface area (Å²) in [5.41, 5.74) is 0.185. The van der Waals surface area contributed by atoms with Crippen LogP contribution in [0.2, 0.25) is 0 Å². The zero-order valence-corrected chi connectivity index (χ0v) is 10.7. The first-order valence-electron chi connectivity index (χ1n) is 5.70. The summed E-state index contributed by atoms with van der Waals surface area (Å²) in [5, 5.41) is 0. The number of hydrogen-bond acceptors (Lipinski definition) is 3. The molecule has 0 fully saturated rings. The summed E-state index contributed by atoms with van der Waals surface area (Å²) in [7, 11) is 0. The molecule has 0 unspecified atom stereocenters. The standard InChI is InChI=1S/C14H18O3/c1-5-14(3,4)13(16)11-7-6-8-12(9-11)17-10(2)15/h6-9H,5H2,1-4H3. The molecule has 0 amide bonds. The Balaban J connectivity index is 2.99. The molecule has 0 saturated carbocycles. The molecule has 0 aliphatic carbocycles. The van der Waals surface area contributed by atoms with Crippen LogP contribution in [0.25, 0.3) is 0 Å². The van der Waals surface area contributed by atoms with Crippen molar-refractivity contribution in [2.24, 2.45) is 5.41 Å². The van der Waals surface area contributed by atoms with Gasteiger partial charge in [-0.3, -0.25) is 9.59 Å². The van der Waals surface area contributed by atoms with Crippen molar-refractivity contribution in [3.8, 4) is 5.75 Å². The average Bonchev–Trinajstić information content (AvgIpc) is 2.27. The molecule has 3 nitrogen and oxygen atoms in total. The van der Waals surface area contributed by atoms with Gasteiger partial charge in [0, 0.05) is 17.9 Å². The highest BCUT2D eigenvalue weighted by atomic mass is 16.5. The van der Waals surface area contributed by atoms with Gasteiger partial charge in [0.1, 0.15) is 5.75 Å². The number of esters is 1. The summed E-state index contributed by atoms with van der Waals surface area (Å²) in [5.74, 6) is 0.0913. The predicted molar refractivity (Wildman–Crippen MR) is 66.2 cm³/mol. The molecular formula is C14H18O3. The Morgan fingerprint density at radius 1 is 1.29 bits per heavy atom. The summed E-state index contributed by atoms with van der Waals surface area (Å²) in [4.78, 5) is 23.0. The number of ketones is 1. The van der Waals surface area contributed by atoms with Gasteiger partial charge < -0.3 is 4.74 Å². The molecule has 0 N–H and O–H groups in total. The van der Waals surface area contributed by atoms with Crippen molar-refractivity contribution >= 4 is 11.8 Å². The van der Waals surface area contributed by atoms with Crippen LogP contribution in [0, 0.1) is 5.41 Å². The van der Waals surface area contributed by atoms with Crippen LogP contribution in [0.15, 0.2) is 24.3 Å². The van der Waals surface area contributed by atoms with E-state index < -0.39 is 5.41 Å². The topological polar surface area (TPSA) is 43.4 Å². The molecule has 0 radical (unpaired) electrons. The maximum Gasteiger partial charge on any atom is 0.308 e. The van der Waals surface area contributed by atoms with Crippen molar-refractivity contribution in [1.29, 1.82) is 0 Å². The minimum absolute atomic E-state index is 0.0639. The third-order valence-corrected chi connectivity index (χ3v) is 2.86. The zero-order valence-electron chi connectivity index (χ0n) is 10.7. The van der Waals surface area contributed by atoms with Crippen LogP contribution in [-0.2, 0) is 4.79 Å². The van der Waals surface area contributed by atoms with Gasteiger partial charge in [0.2, 0.25) is 0 Å². The van der Waals surface area contributed by atoms with E-state index in [1.165, 1.54) is 6.92 Å². The van der Waals surface area contributed by atoms with E-state index in [9.17, 15) is 9.59 Å². The zero-order chi connectivity index (χ0) is 13.1.